The number of benzene rings is 2. The number of hydrogen-bond donors (Lipinski definition) is 3. The van der Waals surface area contributed by atoms with Crippen molar-refractivity contribution in [2.75, 3.05) is 31.9 Å². The Labute approximate surface area is 269 Å². The van der Waals surface area contributed by atoms with E-state index < -0.39 is 5.97 Å². The van der Waals surface area contributed by atoms with Gasteiger partial charge in [-0.05, 0) is 19.1 Å². The fraction of sp³-hybridized carbons (Fsp3) is 0.240. The molecule has 198 valence electrons. The van der Waals surface area contributed by atoms with E-state index in [4.69, 9.17) is 18.5 Å². The largest absolute Gasteiger partial charge is 1.00 e. The first-order chi connectivity index (χ1) is 17.3. The van der Waals surface area contributed by atoms with E-state index in [1.807, 2.05) is 48.5 Å². The van der Waals surface area contributed by atoms with E-state index in [0.717, 1.165) is 20.2 Å². The Bertz CT molecular complexity index is 1320. The second kappa shape index (κ2) is 18.4. The zero-order chi connectivity index (χ0) is 27.3. The van der Waals surface area contributed by atoms with Crippen LogP contribution in [-0.4, -0.2) is 49.3 Å². The third-order valence-electron chi connectivity index (χ3n) is 4.29. The zero-order valence-electron chi connectivity index (χ0n) is 22.7. The number of fused-ring (bicyclic) bond motifs is 2. The van der Waals surface area contributed by atoms with Crippen molar-refractivity contribution in [3.63, 3.8) is 0 Å². The van der Waals surface area contributed by atoms with Crippen molar-refractivity contribution in [2.24, 2.45) is 0 Å². The Morgan fingerprint density at radius 2 is 1.35 bits per heavy atom. The molecule has 4 aromatic rings. The van der Waals surface area contributed by atoms with Gasteiger partial charge in [0.05, 0.1) is 14.2 Å². The average Bonchev–Trinajstić information content (AvgIpc) is 3.41. The van der Waals surface area contributed by atoms with Gasteiger partial charge >= 0.3 is 63.3 Å². The summed E-state index contributed by atoms with van der Waals surface area (Å²) in [5, 5.41) is 12.9. The number of nitrogens with two attached hydrogens (primary N) is 1. The van der Waals surface area contributed by atoms with Crippen LogP contribution < -0.4 is 62.4 Å². The Morgan fingerprint density at radius 1 is 0.946 bits per heavy atom. The maximum atomic E-state index is 11.7. The number of nitrogens with one attached hydrogen (secondary N) is 1. The van der Waals surface area contributed by atoms with Crippen LogP contribution in [0.15, 0.2) is 48.5 Å². The molecular formula is C25H33KN2O7S2. The summed E-state index contributed by atoms with van der Waals surface area (Å²) in [6.07, 6.45) is 0. The number of amides is 1. The summed E-state index contributed by atoms with van der Waals surface area (Å²) in [4.78, 5) is 34.2. The molecule has 4 rings (SSSR count). The molecule has 37 heavy (non-hydrogen) atoms. The number of hydrogen-bond acceptors (Lipinski definition) is 10. The van der Waals surface area contributed by atoms with E-state index in [2.05, 4.69) is 10.1 Å². The quantitative estimate of drug-likeness (QED) is 0.247. The Balaban J connectivity index is -0.000000540. The summed E-state index contributed by atoms with van der Waals surface area (Å²) in [5.74, 6) is -1.02. The normalized spacial score (nSPS) is 9.32. The molecule has 0 atom stereocenters. The van der Waals surface area contributed by atoms with Crippen molar-refractivity contribution in [1.82, 2.24) is 0 Å². The predicted molar refractivity (Wildman–Crippen MR) is 149 cm³/mol. The molecule has 1 amide bonds. The second-order valence-electron chi connectivity index (χ2n) is 6.62. The fourth-order valence-corrected chi connectivity index (χ4v) is 5.07. The average molecular weight is 579 g/mol. The number of aliphatic hydroxyl groups is 1. The zero-order valence-corrected chi connectivity index (χ0v) is 25.4. The van der Waals surface area contributed by atoms with Crippen LogP contribution in [0.1, 0.15) is 45.0 Å². The molecular weight excluding hydrogens is 544 g/mol. The van der Waals surface area contributed by atoms with Crippen LogP contribution in [-0.2, 0) is 14.3 Å². The van der Waals surface area contributed by atoms with Gasteiger partial charge in [-0.3, -0.25) is 4.79 Å². The Kier molecular flexibility index (Phi) is 17.5. The van der Waals surface area contributed by atoms with Crippen LogP contribution in [0, 0.1) is 0 Å². The molecule has 2 heterocycles. The number of carbonyl (C=O) groups is 3. The molecule has 0 spiro atoms. The number of rotatable bonds is 3. The van der Waals surface area contributed by atoms with Gasteiger partial charge in [-0.1, -0.05) is 43.8 Å². The molecule has 5 N–H and O–H groups in total. The molecule has 0 radical (unpaired) electrons. The maximum absolute atomic E-state index is 11.7. The molecule has 0 fully saturated rings. The first-order valence-electron chi connectivity index (χ1n) is 11.1. The minimum atomic E-state index is -0.439. The number of carbonyl (C=O) groups excluding carboxylic acids is 3. The van der Waals surface area contributed by atoms with Crippen LogP contribution in [0.5, 0.6) is 0 Å². The maximum Gasteiger partial charge on any atom is 1.00 e. The molecule has 9 nitrogen and oxygen atoms in total. The number of methoxy groups -OCH3 is 2. The van der Waals surface area contributed by atoms with Gasteiger partial charge in [0, 0.05) is 36.7 Å². The van der Waals surface area contributed by atoms with Crippen molar-refractivity contribution in [2.45, 2.75) is 21.3 Å². The minimum Gasteiger partial charge on any atom is -0.870 e. The van der Waals surface area contributed by atoms with Crippen LogP contribution >= 0.6 is 22.7 Å². The first kappa shape index (κ1) is 35.1. The molecule has 2 aromatic heterocycles. The smallest absolute Gasteiger partial charge is 0.870 e. The predicted octanol–water partition coefficient (Wildman–Crippen LogP) is 2.62. The second-order valence-corrected chi connectivity index (χ2v) is 8.76. The summed E-state index contributed by atoms with van der Waals surface area (Å²) in [7, 11) is 2.68. The third kappa shape index (κ3) is 9.74. The molecule has 0 bridgehead atoms. The van der Waals surface area contributed by atoms with E-state index in [0.29, 0.717) is 21.1 Å². The number of esters is 2. The van der Waals surface area contributed by atoms with E-state index in [1.165, 1.54) is 43.8 Å². The standard InChI is InChI=1S/C12H11NO3S.C10H9NO2S.C2H6O.CH4.K.H2O.H2/c1-7(14)13-11-10(12(15)16-2)8-5-3-4-6-9(8)17-11;1-13-10(12)8-6-4-2-3-5-7(6)14-9(8)11;1-2-3;;;;/h3-6H,1-2H3,(H,13,14);2-5H,11H2,1H3;3H,2H2,1H3;1H4;;1H2;1H/q;;;;+1;;/p-1/i;;;;;;1+1D. The summed E-state index contributed by atoms with van der Waals surface area (Å²) in [6.45, 7) is 3.34. The van der Waals surface area contributed by atoms with Crippen LogP contribution in [0.2, 0.25) is 0 Å². The summed E-state index contributed by atoms with van der Waals surface area (Å²) in [6, 6.07) is 15.1. The SMILES string of the molecule is C.CCO.COC(=O)c1c(N)sc2ccccc12.COC(=O)c1c(NC(C)=O)sc2ccccc12.[2H][2H].[K+].[OH-]. The molecule has 0 aliphatic heterocycles. The number of nitrogen functional groups attached to an aromatic ring is 1. The summed E-state index contributed by atoms with van der Waals surface area (Å²) >= 11 is 2.76. The molecule has 0 unspecified atom stereocenters. The van der Waals surface area contributed by atoms with Crippen LogP contribution in [0.4, 0.5) is 10.0 Å². The number of ether oxygens (including phenoxy) is 2. The summed E-state index contributed by atoms with van der Waals surface area (Å²) in [5.41, 5.74) is 6.65. The van der Waals surface area contributed by atoms with Gasteiger partial charge in [0.2, 0.25) is 5.91 Å². The van der Waals surface area contributed by atoms with Gasteiger partial charge in [-0.25, -0.2) is 9.59 Å². The molecule has 0 saturated carbocycles. The van der Waals surface area contributed by atoms with E-state index >= 15 is 0 Å². The van der Waals surface area contributed by atoms with Gasteiger partial charge in [0.25, 0.3) is 0 Å². The van der Waals surface area contributed by atoms with Crippen LogP contribution in [0.3, 0.4) is 0 Å². The van der Waals surface area contributed by atoms with Crippen molar-refractivity contribution >= 4 is 70.7 Å². The van der Waals surface area contributed by atoms with Crippen LogP contribution in [0.25, 0.3) is 20.2 Å². The van der Waals surface area contributed by atoms with Crippen molar-refractivity contribution in [1.29, 1.82) is 0 Å². The monoisotopic (exact) mass is 578 g/mol. The first-order valence-corrected chi connectivity index (χ1v) is 11.8. The number of aliphatic hydroxyl groups excluding tert-OH is 1. The van der Waals surface area contributed by atoms with Gasteiger partial charge in [-0.2, -0.15) is 0 Å². The Hall–Kier alpha value is -1.87. The molecule has 2 aromatic carbocycles. The van der Waals surface area contributed by atoms with Gasteiger partial charge in [0.1, 0.15) is 21.1 Å². The number of thiophene rings is 2. The topological polar surface area (TPSA) is 158 Å². The molecule has 0 aliphatic carbocycles. The molecule has 0 saturated heterocycles. The van der Waals surface area contributed by atoms with Gasteiger partial charge < -0.3 is 31.1 Å². The third-order valence-corrected chi connectivity index (χ3v) is 6.37. The van der Waals surface area contributed by atoms with Gasteiger partial charge in [-0.15, -0.1) is 22.7 Å². The van der Waals surface area contributed by atoms with E-state index in [1.54, 1.807) is 6.92 Å². The van der Waals surface area contributed by atoms with Crippen molar-refractivity contribution < 1.29 is 88.8 Å². The Morgan fingerprint density at radius 3 is 1.81 bits per heavy atom. The van der Waals surface area contributed by atoms with E-state index in [-0.39, 0.29) is 82.8 Å². The fourth-order valence-electron chi connectivity index (χ4n) is 2.98. The van der Waals surface area contributed by atoms with E-state index in [9.17, 15) is 14.4 Å². The van der Waals surface area contributed by atoms with Crippen molar-refractivity contribution in [3.8, 4) is 0 Å². The minimum absolute atomic E-state index is 0. The summed E-state index contributed by atoms with van der Waals surface area (Å²) < 4.78 is 21.4. The molecule has 0 aliphatic rings. The number of anilines is 2. The van der Waals surface area contributed by atoms with Gasteiger partial charge in [0.15, 0.2) is 0 Å². The van der Waals surface area contributed by atoms with Crippen molar-refractivity contribution in [3.05, 3.63) is 59.7 Å². The molecule has 12 heteroatoms.